The second-order valence-corrected chi connectivity index (χ2v) is 5.53. The van der Waals surface area contributed by atoms with Gasteiger partial charge in [-0.1, -0.05) is 18.2 Å². The van der Waals surface area contributed by atoms with E-state index in [0.29, 0.717) is 16.5 Å². The van der Waals surface area contributed by atoms with Gasteiger partial charge >= 0.3 is 6.18 Å². The van der Waals surface area contributed by atoms with Crippen molar-refractivity contribution in [2.45, 2.75) is 18.6 Å². The molecule has 0 bridgehead atoms. The maximum absolute atomic E-state index is 13.1. The molecule has 0 radical (unpaired) electrons. The Hall–Kier alpha value is -1.40. The van der Waals surface area contributed by atoms with Gasteiger partial charge in [0.25, 0.3) is 0 Å². The number of nitrogens with two attached hydrogens (primary N) is 1. The first-order chi connectivity index (χ1) is 9.77. The molecule has 0 amide bonds. The Kier molecular flexibility index (Phi) is 4.68. The van der Waals surface area contributed by atoms with Gasteiger partial charge in [0.1, 0.15) is 5.82 Å². The van der Waals surface area contributed by atoms with Crippen molar-refractivity contribution < 1.29 is 17.6 Å². The topological polar surface area (TPSA) is 26.0 Å². The first-order valence-corrected chi connectivity index (χ1v) is 6.93. The van der Waals surface area contributed by atoms with Gasteiger partial charge < -0.3 is 5.73 Å². The van der Waals surface area contributed by atoms with E-state index in [-0.39, 0.29) is 5.82 Å². The van der Waals surface area contributed by atoms with E-state index in [2.05, 4.69) is 15.9 Å². The van der Waals surface area contributed by atoms with Crippen LogP contribution < -0.4 is 5.73 Å². The third-order valence-corrected chi connectivity index (χ3v) is 3.71. The fraction of sp³-hybridized carbons (Fsp3) is 0.200. The van der Waals surface area contributed by atoms with Crippen LogP contribution in [0.25, 0.3) is 0 Å². The van der Waals surface area contributed by atoms with Crippen LogP contribution in [-0.4, -0.2) is 0 Å². The lowest BCUT2D eigenvalue weighted by Crippen LogP contribution is -2.14. The summed E-state index contributed by atoms with van der Waals surface area (Å²) >= 11 is 3.08. The van der Waals surface area contributed by atoms with Gasteiger partial charge in [-0.3, -0.25) is 0 Å². The van der Waals surface area contributed by atoms with Crippen LogP contribution in [0, 0.1) is 5.82 Å². The van der Waals surface area contributed by atoms with Gasteiger partial charge in [0.05, 0.1) is 10.0 Å². The molecule has 0 saturated carbocycles. The molecule has 2 rings (SSSR count). The van der Waals surface area contributed by atoms with E-state index in [4.69, 9.17) is 5.73 Å². The highest BCUT2D eigenvalue weighted by atomic mass is 79.9. The van der Waals surface area contributed by atoms with Crippen molar-refractivity contribution in [1.82, 2.24) is 0 Å². The molecule has 2 aromatic carbocycles. The number of benzene rings is 2. The van der Waals surface area contributed by atoms with Crippen LogP contribution in [0.2, 0.25) is 0 Å². The van der Waals surface area contributed by atoms with Crippen LogP contribution in [0.5, 0.6) is 0 Å². The van der Waals surface area contributed by atoms with Crippen molar-refractivity contribution in [3.8, 4) is 0 Å². The van der Waals surface area contributed by atoms with Crippen molar-refractivity contribution in [2.24, 2.45) is 5.73 Å². The van der Waals surface area contributed by atoms with Crippen molar-refractivity contribution in [3.05, 3.63) is 69.4 Å². The molecule has 0 saturated heterocycles. The summed E-state index contributed by atoms with van der Waals surface area (Å²) in [6.45, 7) is 0. The van der Waals surface area contributed by atoms with E-state index in [9.17, 15) is 17.6 Å². The van der Waals surface area contributed by atoms with Gasteiger partial charge in [-0.05, 0) is 57.7 Å². The predicted molar refractivity (Wildman–Crippen MR) is 76.2 cm³/mol. The molecule has 0 heterocycles. The lowest BCUT2D eigenvalue weighted by Gasteiger charge is -2.14. The Balaban J connectivity index is 2.13. The third kappa shape index (κ3) is 4.04. The third-order valence-electron chi connectivity index (χ3n) is 3.11. The number of hydrogen-bond acceptors (Lipinski definition) is 1. The summed E-state index contributed by atoms with van der Waals surface area (Å²) in [5.74, 6) is -0.373. The molecule has 0 aliphatic carbocycles. The monoisotopic (exact) mass is 361 g/mol. The number of alkyl halides is 3. The van der Waals surface area contributed by atoms with E-state index < -0.39 is 17.8 Å². The molecule has 1 atom stereocenters. The minimum absolute atomic E-state index is 0.333. The summed E-state index contributed by atoms with van der Waals surface area (Å²) in [6.07, 6.45) is -3.95. The maximum atomic E-state index is 13.1. The Bertz CT molecular complexity index is 623. The Labute approximate surface area is 127 Å². The van der Waals surface area contributed by atoms with Crippen molar-refractivity contribution in [3.63, 3.8) is 0 Å². The van der Waals surface area contributed by atoms with Gasteiger partial charge in [-0.2, -0.15) is 13.2 Å². The van der Waals surface area contributed by atoms with E-state index in [1.165, 1.54) is 18.2 Å². The summed E-state index contributed by atoms with van der Waals surface area (Å²) < 4.78 is 50.9. The standard InChI is InChI=1S/C15H12BrF4N/c16-12-7-9(1-6-13(12)17)8-14(21)10-2-4-11(5-3-10)15(18,19)20/h1-7,14H,8,21H2. The highest BCUT2D eigenvalue weighted by Crippen LogP contribution is 2.30. The molecule has 0 spiro atoms. The largest absolute Gasteiger partial charge is 0.416 e. The highest BCUT2D eigenvalue weighted by Gasteiger charge is 2.30. The van der Waals surface area contributed by atoms with Gasteiger partial charge in [0.2, 0.25) is 0 Å². The van der Waals surface area contributed by atoms with Crippen molar-refractivity contribution in [1.29, 1.82) is 0 Å². The number of rotatable bonds is 3. The fourth-order valence-corrected chi connectivity index (χ4v) is 2.38. The molecule has 112 valence electrons. The Morgan fingerprint density at radius 1 is 1.05 bits per heavy atom. The summed E-state index contributed by atoms with van der Waals surface area (Å²) in [5, 5.41) is 0. The van der Waals surface area contributed by atoms with E-state index in [0.717, 1.165) is 17.7 Å². The average Bonchev–Trinajstić information content (AvgIpc) is 2.42. The van der Waals surface area contributed by atoms with Crippen LogP contribution in [0.4, 0.5) is 17.6 Å². The molecule has 1 unspecified atom stereocenters. The zero-order valence-corrected chi connectivity index (χ0v) is 12.4. The lowest BCUT2D eigenvalue weighted by atomic mass is 9.98. The van der Waals surface area contributed by atoms with Crippen molar-refractivity contribution >= 4 is 15.9 Å². The number of halogens is 5. The molecule has 0 aliphatic rings. The van der Waals surface area contributed by atoms with Crippen molar-refractivity contribution in [2.75, 3.05) is 0 Å². The first kappa shape index (κ1) is 16.0. The second-order valence-electron chi connectivity index (χ2n) is 4.68. The smallest absolute Gasteiger partial charge is 0.324 e. The molecule has 0 fully saturated rings. The fourth-order valence-electron chi connectivity index (χ4n) is 1.96. The Morgan fingerprint density at radius 2 is 1.67 bits per heavy atom. The molecule has 2 N–H and O–H groups in total. The maximum Gasteiger partial charge on any atom is 0.416 e. The minimum Gasteiger partial charge on any atom is -0.324 e. The van der Waals surface area contributed by atoms with Crippen LogP contribution in [0.15, 0.2) is 46.9 Å². The van der Waals surface area contributed by atoms with Crippen LogP contribution in [-0.2, 0) is 12.6 Å². The molecule has 0 aliphatic heterocycles. The predicted octanol–water partition coefficient (Wildman–Crippen LogP) is 4.85. The van der Waals surface area contributed by atoms with E-state index >= 15 is 0 Å². The minimum atomic E-state index is -4.36. The summed E-state index contributed by atoms with van der Waals surface area (Å²) in [5.41, 5.74) is 6.68. The number of hydrogen-bond donors (Lipinski definition) is 1. The quantitative estimate of drug-likeness (QED) is 0.777. The molecule has 6 heteroatoms. The van der Waals surface area contributed by atoms with E-state index in [1.807, 2.05) is 0 Å². The van der Waals surface area contributed by atoms with E-state index in [1.54, 1.807) is 12.1 Å². The van der Waals surface area contributed by atoms with Gasteiger partial charge in [0, 0.05) is 6.04 Å². The molecule has 1 nitrogen and oxygen atoms in total. The van der Waals surface area contributed by atoms with Gasteiger partial charge in [-0.25, -0.2) is 4.39 Å². The van der Waals surface area contributed by atoms with Gasteiger partial charge in [-0.15, -0.1) is 0 Å². The summed E-state index contributed by atoms with van der Waals surface area (Å²) in [7, 11) is 0. The van der Waals surface area contributed by atoms with Gasteiger partial charge in [0.15, 0.2) is 0 Å². The summed E-state index contributed by atoms with van der Waals surface area (Å²) in [6, 6.07) is 8.83. The lowest BCUT2D eigenvalue weighted by molar-refractivity contribution is -0.137. The second kappa shape index (κ2) is 6.15. The average molecular weight is 362 g/mol. The van der Waals surface area contributed by atoms with Crippen LogP contribution in [0.1, 0.15) is 22.7 Å². The van der Waals surface area contributed by atoms with Crippen LogP contribution >= 0.6 is 15.9 Å². The molecule has 0 aromatic heterocycles. The normalized spacial score (nSPS) is 13.2. The van der Waals surface area contributed by atoms with Crippen LogP contribution in [0.3, 0.4) is 0 Å². The molecule has 21 heavy (non-hydrogen) atoms. The zero-order chi connectivity index (χ0) is 15.6. The zero-order valence-electron chi connectivity index (χ0n) is 10.8. The highest BCUT2D eigenvalue weighted by molar-refractivity contribution is 9.10. The SMILES string of the molecule is NC(Cc1ccc(F)c(Br)c1)c1ccc(C(F)(F)F)cc1. The molecular weight excluding hydrogens is 350 g/mol. The Morgan fingerprint density at radius 3 is 2.19 bits per heavy atom. The first-order valence-electron chi connectivity index (χ1n) is 6.14. The molecular formula is C15H12BrF4N. The summed E-state index contributed by atoms with van der Waals surface area (Å²) in [4.78, 5) is 0. The molecule has 2 aromatic rings.